The van der Waals surface area contributed by atoms with Crippen LogP contribution in [0.4, 0.5) is 0 Å². The predicted octanol–water partition coefficient (Wildman–Crippen LogP) is -2.03. The van der Waals surface area contributed by atoms with Crippen molar-refractivity contribution in [3.05, 3.63) is 0 Å². The standard InChI is InChI=1S/C8H17NO3S.Na.H/c1-3-8(13(10,11)12)9(2)6-4-5-7-9;;/h8H,3-7H2,1-2H3;;/q;+1;-1/p+1. The molecule has 6 heteroatoms. The fraction of sp³-hybridized carbons (Fsp3) is 1.00. The Morgan fingerprint density at radius 3 is 2.14 bits per heavy atom. The van der Waals surface area contributed by atoms with Crippen molar-refractivity contribution in [2.24, 2.45) is 0 Å². The van der Waals surface area contributed by atoms with Gasteiger partial charge in [0.2, 0.25) is 5.37 Å². The Hall–Kier alpha value is 0.870. The van der Waals surface area contributed by atoms with Crippen LogP contribution in [0.25, 0.3) is 0 Å². The largest absolute Gasteiger partial charge is 1.00 e. The summed E-state index contributed by atoms with van der Waals surface area (Å²) < 4.78 is 31.7. The third kappa shape index (κ3) is 3.18. The average Bonchev–Trinajstić information content (AvgIpc) is 2.34. The number of rotatable bonds is 3. The SMILES string of the molecule is CCC([N+]1(C)CCCC1)S(=O)(=O)O.[H-].[Na+]. The van der Waals surface area contributed by atoms with Crippen LogP contribution in [0, 0.1) is 0 Å². The summed E-state index contributed by atoms with van der Waals surface area (Å²) in [6.45, 7) is 3.52. The van der Waals surface area contributed by atoms with Crippen LogP contribution in [0.3, 0.4) is 0 Å². The molecule has 0 bridgehead atoms. The zero-order valence-electron chi connectivity index (χ0n) is 10.2. The van der Waals surface area contributed by atoms with Crippen LogP contribution in [0.1, 0.15) is 27.6 Å². The first kappa shape index (κ1) is 14.9. The fourth-order valence-electron chi connectivity index (χ4n) is 2.32. The van der Waals surface area contributed by atoms with E-state index in [9.17, 15) is 8.42 Å². The molecule has 1 rings (SSSR count). The second kappa shape index (κ2) is 5.27. The van der Waals surface area contributed by atoms with Gasteiger partial charge in [-0.1, -0.05) is 6.92 Å². The van der Waals surface area contributed by atoms with Gasteiger partial charge in [-0.3, -0.25) is 4.55 Å². The first-order valence-electron chi connectivity index (χ1n) is 4.70. The minimum absolute atomic E-state index is 0. The molecule has 0 spiro atoms. The van der Waals surface area contributed by atoms with E-state index in [0.717, 1.165) is 25.9 Å². The molecule has 80 valence electrons. The molecule has 1 fully saturated rings. The molecule has 0 aromatic rings. The Morgan fingerprint density at radius 2 is 1.86 bits per heavy atom. The number of quaternary nitrogens is 1. The molecule has 0 aliphatic carbocycles. The quantitative estimate of drug-likeness (QED) is 0.347. The van der Waals surface area contributed by atoms with Gasteiger partial charge in [0.15, 0.2) is 0 Å². The predicted molar refractivity (Wildman–Crippen MR) is 51.9 cm³/mol. The van der Waals surface area contributed by atoms with Crippen LogP contribution in [0.15, 0.2) is 0 Å². The summed E-state index contributed by atoms with van der Waals surface area (Å²) in [7, 11) is -1.97. The van der Waals surface area contributed by atoms with E-state index in [0.29, 0.717) is 10.9 Å². The maximum Gasteiger partial charge on any atom is 1.00 e. The van der Waals surface area contributed by atoms with Crippen molar-refractivity contribution in [1.29, 1.82) is 0 Å². The summed E-state index contributed by atoms with van der Waals surface area (Å²) in [6, 6.07) is 0. The number of hydrogen-bond acceptors (Lipinski definition) is 2. The molecular weight excluding hydrogens is 213 g/mol. The molecule has 0 saturated carbocycles. The van der Waals surface area contributed by atoms with Crippen molar-refractivity contribution in [2.75, 3.05) is 20.1 Å². The fourth-order valence-corrected chi connectivity index (χ4v) is 3.59. The van der Waals surface area contributed by atoms with Gasteiger partial charge in [0.1, 0.15) is 0 Å². The van der Waals surface area contributed by atoms with E-state index in [1.807, 2.05) is 7.05 Å². The Balaban J connectivity index is 0. The minimum Gasteiger partial charge on any atom is -1.00 e. The van der Waals surface area contributed by atoms with Gasteiger partial charge in [-0.2, -0.15) is 8.42 Å². The number of likely N-dealkylation sites (tertiary alicyclic amines) is 1. The molecule has 1 N–H and O–H groups in total. The van der Waals surface area contributed by atoms with Gasteiger partial charge in [0.05, 0.1) is 20.1 Å². The van der Waals surface area contributed by atoms with Crippen molar-refractivity contribution in [3.63, 3.8) is 0 Å². The van der Waals surface area contributed by atoms with Crippen molar-refractivity contribution in [2.45, 2.75) is 31.6 Å². The number of nitrogens with zero attached hydrogens (tertiary/aromatic N) is 1. The molecule has 1 saturated heterocycles. The van der Waals surface area contributed by atoms with Crippen LogP contribution < -0.4 is 29.6 Å². The molecule has 14 heavy (non-hydrogen) atoms. The summed E-state index contributed by atoms with van der Waals surface area (Å²) in [4.78, 5) is 0. The number of hydrogen-bond donors (Lipinski definition) is 1. The topological polar surface area (TPSA) is 54.4 Å². The normalized spacial score (nSPS) is 22.8. The van der Waals surface area contributed by atoms with E-state index in [-0.39, 0.29) is 31.0 Å². The Labute approximate surface area is 110 Å². The molecule has 0 aromatic carbocycles. The van der Waals surface area contributed by atoms with E-state index in [1.54, 1.807) is 6.92 Å². The van der Waals surface area contributed by atoms with Gasteiger partial charge in [0, 0.05) is 19.3 Å². The molecule has 1 atom stereocenters. The Kier molecular flexibility index (Phi) is 5.60. The van der Waals surface area contributed by atoms with E-state index in [2.05, 4.69) is 0 Å². The summed E-state index contributed by atoms with van der Waals surface area (Å²) in [5.41, 5.74) is 0. The molecule has 1 heterocycles. The third-order valence-electron chi connectivity index (χ3n) is 2.98. The maximum absolute atomic E-state index is 11.1. The van der Waals surface area contributed by atoms with Crippen LogP contribution in [-0.4, -0.2) is 43.0 Å². The van der Waals surface area contributed by atoms with E-state index in [1.165, 1.54) is 0 Å². The van der Waals surface area contributed by atoms with Crippen molar-refractivity contribution >= 4 is 10.1 Å². The second-order valence-corrected chi connectivity index (χ2v) is 5.59. The molecule has 1 aliphatic rings. The smallest absolute Gasteiger partial charge is 1.00 e. The van der Waals surface area contributed by atoms with Crippen molar-refractivity contribution in [1.82, 2.24) is 0 Å². The average molecular weight is 232 g/mol. The van der Waals surface area contributed by atoms with Crippen LogP contribution in [0.5, 0.6) is 0 Å². The summed E-state index contributed by atoms with van der Waals surface area (Å²) in [5.74, 6) is 0. The molecular formula is C8H19NNaO3S+. The van der Waals surface area contributed by atoms with Gasteiger partial charge in [-0.05, 0) is 0 Å². The van der Waals surface area contributed by atoms with Crippen molar-refractivity contribution in [3.8, 4) is 0 Å². The van der Waals surface area contributed by atoms with Crippen molar-refractivity contribution < 1.29 is 48.4 Å². The van der Waals surface area contributed by atoms with E-state index >= 15 is 0 Å². The summed E-state index contributed by atoms with van der Waals surface area (Å²) in [5, 5.41) is -0.630. The first-order chi connectivity index (χ1) is 5.90. The van der Waals surface area contributed by atoms with Crippen LogP contribution >= 0.6 is 0 Å². The monoisotopic (exact) mass is 232 g/mol. The molecule has 0 aromatic heterocycles. The van der Waals surface area contributed by atoms with Crippen LogP contribution in [0.2, 0.25) is 0 Å². The minimum atomic E-state index is -3.88. The van der Waals surface area contributed by atoms with E-state index in [4.69, 9.17) is 4.55 Å². The molecule has 4 nitrogen and oxygen atoms in total. The van der Waals surface area contributed by atoms with E-state index < -0.39 is 15.5 Å². The van der Waals surface area contributed by atoms with Gasteiger partial charge in [0.25, 0.3) is 0 Å². The second-order valence-electron chi connectivity index (χ2n) is 4.01. The van der Waals surface area contributed by atoms with Gasteiger partial charge < -0.3 is 5.91 Å². The molecule has 0 radical (unpaired) electrons. The maximum atomic E-state index is 11.1. The van der Waals surface area contributed by atoms with Gasteiger partial charge in [-0.25, -0.2) is 0 Å². The van der Waals surface area contributed by atoms with Gasteiger partial charge in [-0.15, -0.1) is 0 Å². The Morgan fingerprint density at radius 1 is 1.43 bits per heavy atom. The zero-order valence-corrected chi connectivity index (χ0v) is 12.0. The van der Waals surface area contributed by atoms with Crippen LogP contribution in [-0.2, 0) is 10.1 Å². The first-order valence-corrected chi connectivity index (χ1v) is 6.21. The summed E-state index contributed by atoms with van der Waals surface area (Å²) in [6.07, 6.45) is 2.60. The molecule has 1 aliphatic heterocycles. The molecule has 1 unspecified atom stereocenters. The Bertz CT molecular complexity index is 278. The summed E-state index contributed by atoms with van der Waals surface area (Å²) >= 11 is 0. The zero-order chi connectivity index (χ0) is 10.1. The third-order valence-corrected chi connectivity index (χ3v) is 4.51. The van der Waals surface area contributed by atoms with Gasteiger partial charge >= 0.3 is 39.7 Å². The molecule has 0 amide bonds.